The minimum absolute atomic E-state index is 0.266. The molecule has 4 nitrogen and oxygen atoms in total. The lowest BCUT2D eigenvalue weighted by Crippen LogP contribution is -2.23. The zero-order chi connectivity index (χ0) is 13.1. The molecule has 0 aliphatic heterocycles. The largest absolute Gasteiger partial charge is 0.361 e. The molecule has 0 saturated heterocycles. The van der Waals surface area contributed by atoms with Gasteiger partial charge in [-0.15, -0.1) is 0 Å². The van der Waals surface area contributed by atoms with E-state index >= 15 is 0 Å². The Hall–Kier alpha value is -1.52. The quantitative estimate of drug-likeness (QED) is 0.942. The number of aromatic nitrogens is 1. The summed E-state index contributed by atoms with van der Waals surface area (Å²) in [6.45, 7) is 2.12. The Balaban J connectivity index is 2.06. The van der Waals surface area contributed by atoms with Crippen molar-refractivity contribution in [1.82, 2.24) is 10.5 Å². The van der Waals surface area contributed by atoms with Gasteiger partial charge in [-0.05, 0) is 25.1 Å². The van der Waals surface area contributed by atoms with E-state index in [9.17, 15) is 4.79 Å². The molecular formula is C12H10Cl2N2O2. The van der Waals surface area contributed by atoms with Crippen LogP contribution in [0.25, 0.3) is 0 Å². The van der Waals surface area contributed by atoms with Crippen LogP contribution in [0.3, 0.4) is 0 Å². The Labute approximate surface area is 114 Å². The van der Waals surface area contributed by atoms with Crippen LogP contribution in [0.4, 0.5) is 0 Å². The van der Waals surface area contributed by atoms with Gasteiger partial charge in [0.15, 0.2) is 0 Å². The number of carbonyl (C=O) groups is 1. The molecule has 0 spiro atoms. The van der Waals surface area contributed by atoms with Crippen molar-refractivity contribution in [3.8, 4) is 0 Å². The highest BCUT2D eigenvalue weighted by Gasteiger charge is 2.11. The summed E-state index contributed by atoms with van der Waals surface area (Å²) in [7, 11) is 0. The molecule has 1 aromatic carbocycles. The van der Waals surface area contributed by atoms with Gasteiger partial charge in [0.1, 0.15) is 5.76 Å². The van der Waals surface area contributed by atoms with E-state index in [1.165, 1.54) is 6.07 Å². The molecule has 0 aliphatic rings. The molecule has 0 atom stereocenters. The van der Waals surface area contributed by atoms with E-state index in [1.54, 1.807) is 25.3 Å². The van der Waals surface area contributed by atoms with Crippen molar-refractivity contribution in [1.29, 1.82) is 0 Å². The van der Waals surface area contributed by atoms with Crippen molar-refractivity contribution < 1.29 is 9.32 Å². The van der Waals surface area contributed by atoms with Crippen LogP contribution in [0.1, 0.15) is 21.7 Å². The van der Waals surface area contributed by atoms with Crippen molar-refractivity contribution in [3.63, 3.8) is 0 Å². The van der Waals surface area contributed by atoms with E-state index in [2.05, 4.69) is 10.5 Å². The van der Waals surface area contributed by atoms with Gasteiger partial charge in [-0.25, -0.2) is 0 Å². The Morgan fingerprint density at radius 1 is 1.44 bits per heavy atom. The first-order valence-corrected chi connectivity index (χ1v) is 5.97. The molecule has 6 heteroatoms. The smallest absolute Gasteiger partial charge is 0.253 e. The van der Waals surface area contributed by atoms with Gasteiger partial charge in [0.05, 0.1) is 16.8 Å². The van der Waals surface area contributed by atoms with Crippen LogP contribution >= 0.6 is 23.2 Å². The lowest BCUT2D eigenvalue weighted by molar-refractivity contribution is 0.0951. The highest BCUT2D eigenvalue weighted by atomic mass is 35.5. The van der Waals surface area contributed by atoms with E-state index in [4.69, 9.17) is 27.7 Å². The first kappa shape index (κ1) is 12.9. The molecule has 0 saturated carbocycles. The fourth-order valence-electron chi connectivity index (χ4n) is 1.43. The third-order valence-corrected chi connectivity index (χ3v) is 3.01. The molecule has 1 heterocycles. The molecule has 2 rings (SSSR count). The summed E-state index contributed by atoms with van der Waals surface area (Å²) in [6.07, 6.45) is 1.57. The predicted molar refractivity (Wildman–Crippen MR) is 68.9 cm³/mol. The van der Waals surface area contributed by atoms with Crippen LogP contribution in [0.15, 0.2) is 28.9 Å². The number of hydrogen-bond acceptors (Lipinski definition) is 3. The average molecular weight is 285 g/mol. The van der Waals surface area contributed by atoms with Gasteiger partial charge in [0.25, 0.3) is 5.91 Å². The van der Waals surface area contributed by atoms with E-state index in [0.29, 0.717) is 27.9 Å². The zero-order valence-corrected chi connectivity index (χ0v) is 11.0. The van der Waals surface area contributed by atoms with Gasteiger partial charge in [-0.3, -0.25) is 4.79 Å². The summed E-state index contributed by atoms with van der Waals surface area (Å²) in [5.74, 6) is 0.412. The Morgan fingerprint density at radius 3 is 2.83 bits per heavy atom. The second-order valence-corrected chi connectivity index (χ2v) is 4.56. The second kappa shape index (κ2) is 5.42. The first-order chi connectivity index (χ1) is 8.58. The minimum atomic E-state index is -0.266. The SMILES string of the molecule is Cc1oncc1CNC(=O)c1ccc(Cl)cc1Cl. The number of benzene rings is 1. The molecule has 18 heavy (non-hydrogen) atoms. The highest BCUT2D eigenvalue weighted by molar-refractivity contribution is 6.36. The maximum atomic E-state index is 11.9. The topological polar surface area (TPSA) is 55.1 Å². The average Bonchev–Trinajstić information content (AvgIpc) is 2.72. The lowest BCUT2D eigenvalue weighted by atomic mass is 10.2. The van der Waals surface area contributed by atoms with E-state index in [0.717, 1.165) is 5.56 Å². The Kier molecular flexibility index (Phi) is 3.89. The van der Waals surface area contributed by atoms with Gasteiger partial charge in [-0.2, -0.15) is 0 Å². The molecule has 1 amide bonds. The summed E-state index contributed by atoms with van der Waals surface area (Å²) in [4.78, 5) is 11.9. The maximum Gasteiger partial charge on any atom is 0.253 e. The summed E-state index contributed by atoms with van der Waals surface area (Å²) in [5.41, 5.74) is 1.21. The van der Waals surface area contributed by atoms with Crippen LogP contribution in [0.5, 0.6) is 0 Å². The monoisotopic (exact) mass is 284 g/mol. The van der Waals surface area contributed by atoms with Crippen molar-refractivity contribution in [2.45, 2.75) is 13.5 Å². The molecule has 0 radical (unpaired) electrons. The van der Waals surface area contributed by atoms with Crippen molar-refractivity contribution >= 4 is 29.1 Å². The molecule has 0 fully saturated rings. The first-order valence-electron chi connectivity index (χ1n) is 5.21. The molecule has 1 N–H and O–H groups in total. The number of aryl methyl sites for hydroxylation is 1. The summed E-state index contributed by atoms with van der Waals surface area (Å²) >= 11 is 11.7. The van der Waals surface area contributed by atoms with Crippen LogP contribution < -0.4 is 5.32 Å². The second-order valence-electron chi connectivity index (χ2n) is 3.71. The predicted octanol–water partition coefficient (Wildman–Crippen LogP) is 3.22. The number of carbonyl (C=O) groups excluding carboxylic acids is 1. The molecule has 0 aliphatic carbocycles. The van der Waals surface area contributed by atoms with E-state index in [1.807, 2.05) is 0 Å². The lowest BCUT2D eigenvalue weighted by Gasteiger charge is -2.06. The molecular weight excluding hydrogens is 275 g/mol. The van der Waals surface area contributed by atoms with Gasteiger partial charge in [0.2, 0.25) is 0 Å². The van der Waals surface area contributed by atoms with Crippen molar-refractivity contribution in [3.05, 3.63) is 51.3 Å². The van der Waals surface area contributed by atoms with Crippen LogP contribution in [0.2, 0.25) is 10.0 Å². The van der Waals surface area contributed by atoms with Crippen LogP contribution in [0, 0.1) is 6.92 Å². The maximum absolute atomic E-state index is 11.9. The van der Waals surface area contributed by atoms with E-state index < -0.39 is 0 Å². The van der Waals surface area contributed by atoms with Crippen LogP contribution in [-0.4, -0.2) is 11.1 Å². The number of nitrogens with one attached hydrogen (secondary N) is 1. The van der Waals surface area contributed by atoms with Crippen molar-refractivity contribution in [2.24, 2.45) is 0 Å². The fourth-order valence-corrected chi connectivity index (χ4v) is 1.93. The third kappa shape index (κ3) is 2.83. The van der Waals surface area contributed by atoms with Crippen LogP contribution in [-0.2, 0) is 6.54 Å². The summed E-state index contributed by atoms with van der Waals surface area (Å²) < 4.78 is 4.90. The number of amides is 1. The van der Waals surface area contributed by atoms with Crippen molar-refractivity contribution in [2.75, 3.05) is 0 Å². The number of rotatable bonds is 3. The molecule has 94 valence electrons. The molecule has 0 unspecified atom stereocenters. The fraction of sp³-hybridized carbons (Fsp3) is 0.167. The Bertz CT molecular complexity index is 581. The number of nitrogens with zero attached hydrogens (tertiary/aromatic N) is 1. The molecule has 2 aromatic rings. The van der Waals surface area contributed by atoms with Gasteiger partial charge in [-0.1, -0.05) is 28.4 Å². The minimum Gasteiger partial charge on any atom is -0.361 e. The van der Waals surface area contributed by atoms with Gasteiger partial charge < -0.3 is 9.84 Å². The van der Waals surface area contributed by atoms with Gasteiger partial charge in [0, 0.05) is 17.1 Å². The molecule has 1 aromatic heterocycles. The normalized spacial score (nSPS) is 10.4. The number of hydrogen-bond donors (Lipinski definition) is 1. The summed E-state index contributed by atoms with van der Waals surface area (Å²) in [5, 5.41) is 7.18. The zero-order valence-electron chi connectivity index (χ0n) is 9.54. The van der Waals surface area contributed by atoms with E-state index in [-0.39, 0.29) is 5.91 Å². The number of halogens is 2. The highest BCUT2D eigenvalue weighted by Crippen LogP contribution is 2.20. The summed E-state index contributed by atoms with van der Waals surface area (Å²) in [6, 6.07) is 4.73. The Morgan fingerprint density at radius 2 is 2.22 bits per heavy atom. The molecule has 0 bridgehead atoms. The van der Waals surface area contributed by atoms with Gasteiger partial charge >= 0.3 is 0 Å². The third-order valence-electron chi connectivity index (χ3n) is 2.47. The standard InChI is InChI=1S/C12H10Cl2N2O2/c1-7-8(6-16-18-7)5-15-12(17)10-3-2-9(13)4-11(10)14/h2-4,6H,5H2,1H3,(H,15,17).